The lowest BCUT2D eigenvalue weighted by Crippen LogP contribution is -2.52. The molecule has 12 atom stereocenters. The Labute approximate surface area is 517 Å². The summed E-state index contributed by atoms with van der Waals surface area (Å²) in [5, 5.41) is 102. The van der Waals surface area contributed by atoms with Crippen molar-refractivity contribution in [3.8, 4) is 34.5 Å². The third kappa shape index (κ3) is 12.0. The van der Waals surface area contributed by atoms with Crippen molar-refractivity contribution in [2.45, 2.75) is 190 Å². The number of rotatable bonds is 19. The number of hydrazone groups is 2. The van der Waals surface area contributed by atoms with Crippen LogP contribution in [0, 0.1) is 0 Å². The van der Waals surface area contributed by atoms with Crippen LogP contribution in [0.1, 0.15) is 203 Å². The second kappa shape index (κ2) is 25.9. The number of nitrogens with one attached hydrogen (secondary N) is 2. The molecule has 0 bridgehead atoms. The van der Waals surface area contributed by atoms with E-state index in [1.54, 1.807) is 13.8 Å². The summed E-state index contributed by atoms with van der Waals surface area (Å²) in [7, 11) is 2.65. The van der Waals surface area contributed by atoms with E-state index in [-0.39, 0.29) is 106 Å². The number of aliphatic hydroxyl groups excluding tert-OH is 2. The predicted molar refractivity (Wildman–Crippen MR) is 319 cm³/mol. The standard InChI is InChI=1S/C64H76N6O20/c1-27-53(73)35(65)21-43(87-27)89-39-25-63(83,23-33-47(39)61(81)51-49(57(33)77)55(75)31-15-13-17-37(85-5)45(31)59(51)79)29(3)67-69-41(71)19-11-9-7-8-10-12-20-42(72)70-68-30(4)64(84)24-34-48(40(26-64)90-44-22-36(66)54(74)28(2)88-44)62(82)52-50(58(34)78)56(76)32-16-14-18-38(86-6)46(32)60(52)80/h13-18,27-28,35-36,39-40,43-44,53-54,73-74,77-78,81-84H,7-12,19-26,65-66H2,1-6H3,(H,69,71)(H,70,72). The van der Waals surface area contributed by atoms with Crippen molar-refractivity contribution in [1.29, 1.82) is 0 Å². The van der Waals surface area contributed by atoms with Crippen LogP contribution in [-0.2, 0) is 41.4 Å². The number of nitrogens with two attached hydrogens (primary N) is 2. The Balaban J connectivity index is 0.737. The van der Waals surface area contributed by atoms with E-state index >= 15 is 0 Å². The van der Waals surface area contributed by atoms with Gasteiger partial charge in [-0.15, -0.1) is 0 Å². The van der Waals surface area contributed by atoms with Crippen LogP contribution in [0.3, 0.4) is 0 Å². The number of hydrogen-bond donors (Lipinski definition) is 12. The average molecular weight is 1250 g/mol. The molecule has 4 aromatic rings. The first kappa shape index (κ1) is 65.2. The summed E-state index contributed by atoms with van der Waals surface area (Å²) in [6, 6.07) is 7.24. The SMILES string of the molecule is COc1cccc2c1C(=O)c1c(O)c3c(c(O)c1C2=O)CC(O)(C(C)=NNC(=O)CCCCCCCCC(=O)NN=C(C)C1(O)Cc2c(O)c4c(c(O)c2C(OC2CC(N)C(O)C(C)O2)C1)C(=O)c1c(OC)cccc1C4=O)CC3OC1CC(N)C(O)C(C)O1. The molecule has 482 valence electrons. The maximum Gasteiger partial charge on any atom is 0.240 e. The lowest BCUT2D eigenvalue weighted by Gasteiger charge is -2.42. The Bertz CT molecular complexity index is 3390. The maximum atomic E-state index is 14.1. The molecule has 14 N–H and O–H groups in total. The number of aliphatic hydroxyl groups is 4. The zero-order valence-corrected chi connectivity index (χ0v) is 50.7. The van der Waals surface area contributed by atoms with E-state index in [0.717, 1.165) is 12.8 Å². The van der Waals surface area contributed by atoms with Crippen molar-refractivity contribution in [3.63, 3.8) is 0 Å². The van der Waals surface area contributed by atoms with E-state index in [1.807, 2.05) is 0 Å². The number of hydrogen-bond acceptors (Lipinski definition) is 24. The highest BCUT2D eigenvalue weighted by molar-refractivity contribution is 6.32. The molecule has 6 aliphatic rings. The number of ketones is 4. The minimum Gasteiger partial charge on any atom is -0.507 e. The molecule has 2 fully saturated rings. The van der Waals surface area contributed by atoms with Gasteiger partial charge in [0.15, 0.2) is 24.1 Å². The van der Waals surface area contributed by atoms with E-state index in [0.29, 0.717) is 25.7 Å². The maximum absolute atomic E-state index is 14.1. The molecule has 0 aromatic heterocycles. The minimum atomic E-state index is -1.97. The van der Waals surface area contributed by atoms with Gasteiger partial charge < -0.3 is 80.7 Å². The van der Waals surface area contributed by atoms with Crippen LogP contribution < -0.4 is 31.8 Å². The molecule has 26 heteroatoms. The summed E-state index contributed by atoms with van der Waals surface area (Å²) in [5.41, 5.74) is 10.9. The Kier molecular flexibility index (Phi) is 18.7. The van der Waals surface area contributed by atoms with E-state index in [9.17, 15) is 69.6 Å². The van der Waals surface area contributed by atoms with Gasteiger partial charge >= 0.3 is 0 Å². The second-order valence-electron chi connectivity index (χ2n) is 24.2. The molecule has 10 rings (SSSR count). The molecule has 26 nitrogen and oxygen atoms in total. The van der Waals surface area contributed by atoms with Gasteiger partial charge in [-0.3, -0.25) is 28.8 Å². The van der Waals surface area contributed by atoms with Gasteiger partial charge in [0, 0.05) is 96.8 Å². The summed E-state index contributed by atoms with van der Waals surface area (Å²) in [6.07, 6.45) is -6.12. The van der Waals surface area contributed by atoms with Crippen LogP contribution >= 0.6 is 0 Å². The quantitative estimate of drug-likeness (QED) is 0.0236. The molecule has 4 aliphatic carbocycles. The number of carbonyl (C=O) groups excluding carboxylic acids is 6. The normalized spacial score (nSPS) is 28.0. The zero-order chi connectivity index (χ0) is 65.0. The highest BCUT2D eigenvalue weighted by atomic mass is 16.7. The summed E-state index contributed by atoms with van der Waals surface area (Å²) in [5.74, 6) is -6.49. The zero-order valence-electron chi connectivity index (χ0n) is 50.7. The first-order valence-corrected chi connectivity index (χ1v) is 30.1. The topological polar surface area (TPSA) is 420 Å². The van der Waals surface area contributed by atoms with Crippen LogP contribution in [0.25, 0.3) is 0 Å². The van der Waals surface area contributed by atoms with E-state index < -0.39 is 166 Å². The molecule has 2 saturated heterocycles. The van der Waals surface area contributed by atoms with Crippen molar-refractivity contribution in [3.05, 3.63) is 103 Å². The highest BCUT2D eigenvalue weighted by Gasteiger charge is 2.52. The van der Waals surface area contributed by atoms with Crippen molar-refractivity contribution in [2.24, 2.45) is 21.7 Å². The Morgan fingerprint density at radius 3 is 1.28 bits per heavy atom. The molecule has 4 aromatic carbocycles. The van der Waals surface area contributed by atoms with Gasteiger partial charge in [0.1, 0.15) is 45.7 Å². The van der Waals surface area contributed by atoms with Crippen LogP contribution in [0.15, 0.2) is 46.6 Å². The minimum absolute atomic E-state index is 0.00410. The number of nitrogens with zero attached hydrogens (tertiary/aromatic N) is 2. The number of carbonyl (C=O) groups is 6. The molecule has 0 spiro atoms. The predicted octanol–water partition coefficient (Wildman–Crippen LogP) is 4.00. The Hall–Kier alpha value is -7.76. The van der Waals surface area contributed by atoms with Crippen molar-refractivity contribution in [2.75, 3.05) is 14.2 Å². The Morgan fingerprint density at radius 2 is 0.922 bits per heavy atom. The van der Waals surface area contributed by atoms with Crippen LogP contribution in [0.5, 0.6) is 34.5 Å². The molecule has 2 amide bonds. The van der Waals surface area contributed by atoms with Crippen molar-refractivity contribution < 1.29 is 98.0 Å². The number of methoxy groups -OCH3 is 2. The highest BCUT2D eigenvalue weighted by Crippen LogP contribution is 2.55. The van der Waals surface area contributed by atoms with Crippen LogP contribution in [-0.4, -0.2) is 162 Å². The molecule has 90 heavy (non-hydrogen) atoms. The third-order valence-corrected chi connectivity index (χ3v) is 18.4. The van der Waals surface area contributed by atoms with E-state index in [4.69, 9.17) is 39.9 Å². The monoisotopic (exact) mass is 1250 g/mol. The largest absolute Gasteiger partial charge is 0.507 e. The summed E-state index contributed by atoms with van der Waals surface area (Å²) in [4.78, 5) is 82.6. The first-order chi connectivity index (χ1) is 42.7. The van der Waals surface area contributed by atoms with Crippen molar-refractivity contribution in [1.82, 2.24) is 10.9 Å². The fourth-order valence-corrected chi connectivity index (χ4v) is 13.2. The molecule has 12 unspecified atom stereocenters. The average Bonchev–Trinajstić information content (AvgIpc) is 0.720. The number of ether oxygens (including phenoxy) is 6. The molecular formula is C64H76N6O20. The first-order valence-electron chi connectivity index (χ1n) is 30.1. The molecule has 2 heterocycles. The number of benzene rings is 4. The lowest BCUT2D eigenvalue weighted by atomic mass is 9.71. The second-order valence-corrected chi connectivity index (χ2v) is 24.2. The molecule has 0 saturated carbocycles. The van der Waals surface area contributed by atoms with E-state index in [1.165, 1.54) is 64.5 Å². The number of amides is 2. The smallest absolute Gasteiger partial charge is 0.240 e. The van der Waals surface area contributed by atoms with E-state index in [2.05, 4.69) is 21.1 Å². The number of phenolic OH excluding ortho intramolecular Hbond substituents is 4. The van der Waals surface area contributed by atoms with Gasteiger partial charge in [0.05, 0.1) is 95.6 Å². The molecule has 0 radical (unpaired) electrons. The third-order valence-electron chi connectivity index (χ3n) is 18.4. The molecule has 2 aliphatic heterocycles. The van der Waals surface area contributed by atoms with Gasteiger partial charge in [0.2, 0.25) is 23.4 Å². The number of unbranched alkanes of at least 4 members (excludes halogenated alkanes) is 5. The van der Waals surface area contributed by atoms with Gasteiger partial charge in [-0.25, -0.2) is 10.9 Å². The fourth-order valence-electron chi connectivity index (χ4n) is 13.2. The van der Waals surface area contributed by atoms with Gasteiger partial charge in [0.25, 0.3) is 0 Å². The fraction of sp³-hybridized carbons (Fsp3) is 0.500. The molecular weight excluding hydrogens is 1170 g/mol. The van der Waals surface area contributed by atoms with Gasteiger partial charge in [-0.05, 0) is 52.7 Å². The Morgan fingerprint density at radius 1 is 0.567 bits per heavy atom. The number of phenols is 4. The van der Waals surface area contributed by atoms with Crippen LogP contribution in [0.4, 0.5) is 0 Å². The summed E-state index contributed by atoms with van der Waals surface area (Å²) in [6.45, 7) is 6.10. The number of aromatic hydroxyl groups is 4. The van der Waals surface area contributed by atoms with Crippen LogP contribution in [0.2, 0.25) is 0 Å². The summed E-state index contributed by atoms with van der Waals surface area (Å²) < 4.78 is 35.3. The number of fused-ring (bicyclic) bond motifs is 6. The summed E-state index contributed by atoms with van der Waals surface area (Å²) >= 11 is 0. The van der Waals surface area contributed by atoms with Crippen molar-refractivity contribution >= 4 is 46.4 Å². The lowest BCUT2D eigenvalue weighted by molar-refractivity contribution is -0.246. The van der Waals surface area contributed by atoms with Gasteiger partial charge in [-0.1, -0.05) is 49.9 Å². The van der Waals surface area contributed by atoms with Gasteiger partial charge in [-0.2, -0.15) is 10.2 Å².